The molecular weight excluding hydrogens is 354 g/mol. The largest absolute Gasteiger partial charge is 0.336 e. The Labute approximate surface area is 151 Å². The number of piperazine rings is 1. The normalized spacial score (nSPS) is 17.5. The van der Waals surface area contributed by atoms with E-state index in [0.29, 0.717) is 19.6 Å². The number of imidazole rings is 1. The number of halogens is 3. The lowest BCUT2D eigenvalue weighted by molar-refractivity contribution is -0.134. The van der Waals surface area contributed by atoms with E-state index in [0.717, 1.165) is 5.82 Å². The second-order valence-corrected chi connectivity index (χ2v) is 5.99. The molecular formula is C16H19Cl2FN4O. The smallest absolute Gasteiger partial charge is 0.227 e. The molecule has 1 fully saturated rings. The summed E-state index contributed by atoms with van der Waals surface area (Å²) >= 11 is 6.03. The van der Waals surface area contributed by atoms with Crippen LogP contribution in [0.4, 0.5) is 4.39 Å². The maximum atomic E-state index is 13.9. The summed E-state index contributed by atoms with van der Waals surface area (Å²) in [7, 11) is 1.90. The first-order valence-electron chi connectivity index (χ1n) is 7.48. The summed E-state index contributed by atoms with van der Waals surface area (Å²) in [5, 5.41) is 3.55. The topological polar surface area (TPSA) is 50.2 Å². The molecule has 0 aliphatic carbocycles. The zero-order chi connectivity index (χ0) is 16.4. The molecule has 5 nitrogen and oxygen atoms in total. The van der Waals surface area contributed by atoms with Crippen molar-refractivity contribution in [2.24, 2.45) is 7.05 Å². The van der Waals surface area contributed by atoms with Gasteiger partial charge in [0.1, 0.15) is 17.7 Å². The van der Waals surface area contributed by atoms with Gasteiger partial charge in [0.25, 0.3) is 0 Å². The third-order valence-electron chi connectivity index (χ3n) is 4.11. The highest BCUT2D eigenvalue weighted by molar-refractivity contribution is 6.31. The summed E-state index contributed by atoms with van der Waals surface area (Å²) in [5.41, 5.74) is 0.247. The van der Waals surface area contributed by atoms with E-state index in [1.165, 1.54) is 12.1 Å². The maximum absolute atomic E-state index is 13.9. The van der Waals surface area contributed by atoms with Crippen molar-refractivity contribution in [3.8, 4) is 0 Å². The van der Waals surface area contributed by atoms with Crippen LogP contribution in [-0.4, -0.2) is 40.0 Å². The number of amides is 1. The van der Waals surface area contributed by atoms with Crippen molar-refractivity contribution >= 4 is 29.9 Å². The predicted molar refractivity (Wildman–Crippen MR) is 92.9 cm³/mol. The number of carbonyl (C=O) groups is 1. The minimum Gasteiger partial charge on any atom is -0.336 e. The van der Waals surface area contributed by atoms with Crippen molar-refractivity contribution in [2.45, 2.75) is 12.5 Å². The summed E-state index contributed by atoms with van der Waals surface area (Å²) in [6, 6.07) is 4.29. The van der Waals surface area contributed by atoms with Crippen LogP contribution in [0.1, 0.15) is 17.4 Å². The molecule has 24 heavy (non-hydrogen) atoms. The van der Waals surface area contributed by atoms with Crippen molar-refractivity contribution in [3.05, 3.63) is 52.8 Å². The molecule has 0 saturated carbocycles. The van der Waals surface area contributed by atoms with Gasteiger partial charge in [-0.2, -0.15) is 0 Å². The van der Waals surface area contributed by atoms with Gasteiger partial charge in [0, 0.05) is 49.7 Å². The van der Waals surface area contributed by atoms with Gasteiger partial charge in [-0.15, -0.1) is 12.4 Å². The molecule has 1 saturated heterocycles. The van der Waals surface area contributed by atoms with Crippen LogP contribution < -0.4 is 5.32 Å². The average Bonchev–Trinajstić information content (AvgIpc) is 2.97. The molecule has 8 heteroatoms. The monoisotopic (exact) mass is 372 g/mol. The van der Waals surface area contributed by atoms with E-state index < -0.39 is 5.82 Å². The van der Waals surface area contributed by atoms with Crippen LogP contribution in [-0.2, 0) is 18.3 Å². The standard InChI is InChI=1S/C16H18ClFN4O.ClH/c1-21-7-6-20-16(21)14-10-19-5-8-22(14)15(23)9-11-12(17)3-2-4-13(11)18;/h2-4,6-7,14,19H,5,8-10H2,1H3;1H. The van der Waals surface area contributed by atoms with Crippen LogP contribution in [0.25, 0.3) is 0 Å². The second kappa shape index (κ2) is 7.96. The van der Waals surface area contributed by atoms with Crippen molar-refractivity contribution in [1.29, 1.82) is 0 Å². The molecule has 1 atom stereocenters. The number of nitrogens with zero attached hydrogens (tertiary/aromatic N) is 3. The highest BCUT2D eigenvalue weighted by atomic mass is 35.5. The Bertz CT molecular complexity index is 702. The molecule has 1 aromatic heterocycles. The molecule has 1 aliphatic rings. The third kappa shape index (κ3) is 3.71. The highest BCUT2D eigenvalue weighted by Gasteiger charge is 2.30. The first-order chi connectivity index (χ1) is 11.1. The van der Waals surface area contributed by atoms with Gasteiger partial charge in [0.2, 0.25) is 5.91 Å². The van der Waals surface area contributed by atoms with E-state index in [1.807, 2.05) is 17.8 Å². The molecule has 1 amide bonds. The summed E-state index contributed by atoms with van der Waals surface area (Å²) in [5.74, 6) is 0.214. The molecule has 2 aromatic rings. The van der Waals surface area contributed by atoms with E-state index in [1.54, 1.807) is 17.2 Å². The molecule has 2 heterocycles. The van der Waals surface area contributed by atoms with Crippen LogP contribution in [0.3, 0.4) is 0 Å². The molecule has 3 rings (SSSR count). The quantitative estimate of drug-likeness (QED) is 0.899. The van der Waals surface area contributed by atoms with Gasteiger partial charge in [-0.1, -0.05) is 17.7 Å². The van der Waals surface area contributed by atoms with Gasteiger partial charge >= 0.3 is 0 Å². The van der Waals surface area contributed by atoms with E-state index in [2.05, 4.69) is 10.3 Å². The van der Waals surface area contributed by atoms with Crippen LogP contribution in [0.2, 0.25) is 5.02 Å². The van der Waals surface area contributed by atoms with Gasteiger partial charge in [0.15, 0.2) is 0 Å². The number of carbonyl (C=O) groups excluding carboxylic acids is 1. The zero-order valence-corrected chi connectivity index (χ0v) is 14.8. The Morgan fingerprint density at radius 3 is 2.96 bits per heavy atom. The van der Waals surface area contributed by atoms with Gasteiger partial charge in [-0.05, 0) is 12.1 Å². The Hall–Kier alpha value is -1.63. The number of aromatic nitrogens is 2. The fourth-order valence-corrected chi connectivity index (χ4v) is 3.12. The van der Waals surface area contributed by atoms with Crippen LogP contribution in [0.15, 0.2) is 30.6 Å². The third-order valence-corrected chi connectivity index (χ3v) is 4.46. The fraction of sp³-hybridized carbons (Fsp3) is 0.375. The number of rotatable bonds is 3. The van der Waals surface area contributed by atoms with E-state index in [9.17, 15) is 9.18 Å². The molecule has 0 bridgehead atoms. The molecule has 1 unspecified atom stereocenters. The van der Waals surface area contributed by atoms with Crippen molar-refractivity contribution in [1.82, 2.24) is 19.8 Å². The molecule has 0 radical (unpaired) electrons. The number of benzene rings is 1. The summed E-state index contributed by atoms with van der Waals surface area (Å²) in [6.07, 6.45) is 3.51. The maximum Gasteiger partial charge on any atom is 0.227 e. The van der Waals surface area contributed by atoms with Crippen molar-refractivity contribution < 1.29 is 9.18 Å². The second-order valence-electron chi connectivity index (χ2n) is 5.58. The Morgan fingerprint density at radius 2 is 2.29 bits per heavy atom. The van der Waals surface area contributed by atoms with Crippen LogP contribution >= 0.6 is 24.0 Å². The van der Waals surface area contributed by atoms with E-state index >= 15 is 0 Å². The van der Waals surface area contributed by atoms with E-state index in [4.69, 9.17) is 11.6 Å². The first kappa shape index (κ1) is 18.7. The lowest BCUT2D eigenvalue weighted by Crippen LogP contribution is -2.50. The van der Waals surface area contributed by atoms with Gasteiger partial charge in [-0.25, -0.2) is 9.37 Å². The molecule has 0 spiro atoms. The highest BCUT2D eigenvalue weighted by Crippen LogP contribution is 2.24. The lowest BCUT2D eigenvalue weighted by Gasteiger charge is -2.36. The lowest BCUT2D eigenvalue weighted by atomic mass is 10.1. The first-order valence-corrected chi connectivity index (χ1v) is 7.86. The number of aryl methyl sites for hydroxylation is 1. The SMILES string of the molecule is Cl.Cn1ccnc1C1CNCCN1C(=O)Cc1c(F)cccc1Cl. The Balaban J connectivity index is 0.00000208. The average molecular weight is 373 g/mol. The van der Waals surface area contributed by atoms with Crippen LogP contribution in [0.5, 0.6) is 0 Å². The number of hydrogen-bond acceptors (Lipinski definition) is 3. The Morgan fingerprint density at radius 1 is 1.50 bits per heavy atom. The van der Waals surface area contributed by atoms with Crippen molar-refractivity contribution in [3.63, 3.8) is 0 Å². The molecule has 1 N–H and O–H groups in total. The minimum atomic E-state index is -0.450. The Kier molecular flexibility index (Phi) is 6.21. The molecule has 1 aliphatic heterocycles. The predicted octanol–water partition coefficient (Wildman–Crippen LogP) is 2.35. The van der Waals surface area contributed by atoms with Gasteiger partial charge in [0.05, 0.1) is 6.42 Å². The molecule has 130 valence electrons. The fourth-order valence-electron chi connectivity index (χ4n) is 2.89. The molecule has 1 aromatic carbocycles. The van der Waals surface area contributed by atoms with Gasteiger partial charge in [-0.3, -0.25) is 4.79 Å². The summed E-state index contributed by atoms with van der Waals surface area (Å²) < 4.78 is 15.8. The summed E-state index contributed by atoms with van der Waals surface area (Å²) in [4.78, 5) is 18.8. The zero-order valence-electron chi connectivity index (χ0n) is 13.2. The van der Waals surface area contributed by atoms with Crippen LogP contribution in [0, 0.1) is 5.82 Å². The van der Waals surface area contributed by atoms with Crippen molar-refractivity contribution in [2.75, 3.05) is 19.6 Å². The number of nitrogens with one attached hydrogen (secondary N) is 1. The minimum absolute atomic E-state index is 0. The number of hydrogen-bond donors (Lipinski definition) is 1. The van der Waals surface area contributed by atoms with E-state index in [-0.39, 0.29) is 41.4 Å². The van der Waals surface area contributed by atoms with Gasteiger partial charge < -0.3 is 14.8 Å². The summed E-state index contributed by atoms with van der Waals surface area (Å²) in [6.45, 7) is 1.89.